The number of carbonyl (C=O) groups is 3. The Kier molecular flexibility index (Phi) is 6.27. The fourth-order valence-corrected chi connectivity index (χ4v) is 3.99. The molecule has 1 fully saturated rings. The molecule has 1 aliphatic rings. The van der Waals surface area contributed by atoms with Crippen LogP contribution in [0.5, 0.6) is 0 Å². The van der Waals surface area contributed by atoms with Crippen LogP contribution in [0.2, 0.25) is 0 Å². The molecule has 1 atom stereocenters. The van der Waals surface area contributed by atoms with Gasteiger partial charge in [0.15, 0.2) is 0 Å². The molecule has 6 heteroatoms. The van der Waals surface area contributed by atoms with E-state index in [1.165, 1.54) is 0 Å². The molecule has 1 aliphatic heterocycles. The molecular weight excluding hydrogens is 414 g/mol. The quantitative estimate of drug-likeness (QED) is 0.594. The molecule has 168 valence electrons. The number of aryl methyl sites for hydroxylation is 3. The number of nitrogens with zero attached hydrogens (tertiary/aromatic N) is 1. The standard InChI is InChI=1S/C27H27N3O3/c1-17-7-10-23(11-8-17)30-16-21(15-25(30)31)27(33)28-22-6-4-5-20(14-22)26(32)29-24-12-9-18(2)13-19(24)3/h4-14,21H,15-16H2,1-3H3,(H,28,33)(H,29,32)/t21-/m0/s1. The zero-order chi connectivity index (χ0) is 23.5. The van der Waals surface area contributed by atoms with Gasteiger partial charge in [0.25, 0.3) is 5.91 Å². The summed E-state index contributed by atoms with van der Waals surface area (Å²) >= 11 is 0. The van der Waals surface area contributed by atoms with Crippen molar-refractivity contribution in [3.63, 3.8) is 0 Å². The van der Waals surface area contributed by atoms with E-state index < -0.39 is 5.92 Å². The molecule has 0 spiro atoms. The summed E-state index contributed by atoms with van der Waals surface area (Å²) in [7, 11) is 0. The maximum atomic E-state index is 12.8. The van der Waals surface area contributed by atoms with E-state index in [0.29, 0.717) is 17.8 Å². The van der Waals surface area contributed by atoms with Crippen molar-refractivity contribution < 1.29 is 14.4 Å². The second-order valence-electron chi connectivity index (χ2n) is 8.58. The zero-order valence-corrected chi connectivity index (χ0v) is 19.0. The van der Waals surface area contributed by atoms with Crippen LogP contribution in [0.25, 0.3) is 0 Å². The highest BCUT2D eigenvalue weighted by Gasteiger charge is 2.35. The molecule has 6 nitrogen and oxygen atoms in total. The third-order valence-electron chi connectivity index (χ3n) is 5.86. The largest absolute Gasteiger partial charge is 0.326 e. The van der Waals surface area contributed by atoms with Gasteiger partial charge in [0.1, 0.15) is 0 Å². The maximum absolute atomic E-state index is 12.8. The maximum Gasteiger partial charge on any atom is 0.255 e. The minimum absolute atomic E-state index is 0.0689. The first-order valence-corrected chi connectivity index (χ1v) is 11.0. The summed E-state index contributed by atoms with van der Waals surface area (Å²) in [6.07, 6.45) is 0.159. The van der Waals surface area contributed by atoms with Crippen molar-refractivity contribution in [2.75, 3.05) is 22.1 Å². The van der Waals surface area contributed by atoms with Crippen molar-refractivity contribution in [1.29, 1.82) is 0 Å². The highest BCUT2D eigenvalue weighted by molar-refractivity contribution is 6.06. The van der Waals surface area contributed by atoms with Crippen molar-refractivity contribution in [2.45, 2.75) is 27.2 Å². The van der Waals surface area contributed by atoms with Gasteiger partial charge in [-0.2, -0.15) is 0 Å². The van der Waals surface area contributed by atoms with Crippen molar-refractivity contribution in [3.05, 3.63) is 89.0 Å². The van der Waals surface area contributed by atoms with Gasteiger partial charge in [-0.25, -0.2) is 0 Å². The summed E-state index contributed by atoms with van der Waals surface area (Å²) in [5, 5.41) is 5.79. The van der Waals surface area contributed by atoms with Crippen LogP contribution in [0, 0.1) is 26.7 Å². The first kappa shape index (κ1) is 22.3. The van der Waals surface area contributed by atoms with Crippen LogP contribution in [-0.4, -0.2) is 24.3 Å². The van der Waals surface area contributed by atoms with Gasteiger partial charge in [-0.15, -0.1) is 0 Å². The van der Waals surface area contributed by atoms with E-state index in [4.69, 9.17) is 0 Å². The van der Waals surface area contributed by atoms with Crippen LogP contribution in [-0.2, 0) is 9.59 Å². The minimum atomic E-state index is -0.452. The van der Waals surface area contributed by atoms with Gasteiger partial charge < -0.3 is 15.5 Å². The molecule has 0 radical (unpaired) electrons. The van der Waals surface area contributed by atoms with E-state index in [2.05, 4.69) is 10.6 Å². The topological polar surface area (TPSA) is 78.5 Å². The molecule has 1 heterocycles. The van der Waals surface area contributed by atoms with E-state index in [1.54, 1.807) is 29.2 Å². The van der Waals surface area contributed by atoms with E-state index in [0.717, 1.165) is 28.1 Å². The monoisotopic (exact) mass is 441 g/mol. The summed E-state index contributed by atoms with van der Waals surface area (Å²) in [4.78, 5) is 39.7. The van der Waals surface area contributed by atoms with E-state index in [-0.39, 0.29) is 24.1 Å². The summed E-state index contributed by atoms with van der Waals surface area (Å²) in [6.45, 7) is 6.27. The molecule has 33 heavy (non-hydrogen) atoms. The Hall–Kier alpha value is -3.93. The van der Waals surface area contributed by atoms with Crippen LogP contribution < -0.4 is 15.5 Å². The average Bonchev–Trinajstić information content (AvgIpc) is 3.18. The smallest absolute Gasteiger partial charge is 0.255 e. The first-order valence-electron chi connectivity index (χ1n) is 11.0. The lowest BCUT2D eigenvalue weighted by molar-refractivity contribution is -0.122. The van der Waals surface area contributed by atoms with Crippen LogP contribution in [0.3, 0.4) is 0 Å². The van der Waals surface area contributed by atoms with E-state index in [9.17, 15) is 14.4 Å². The summed E-state index contributed by atoms with van der Waals surface area (Å²) in [6, 6.07) is 20.3. The van der Waals surface area contributed by atoms with Crippen molar-refractivity contribution in [2.24, 2.45) is 5.92 Å². The molecule has 0 bridgehead atoms. The van der Waals surface area contributed by atoms with Gasteiger partial charge in [0, 0.05) is 35.6 Å². The van der Waals surface area contributed by atoms with Crippen LogP contribution >= 0.6 is 0 Å². The fourth-order valence-electron chi connectivity index (χ4n) is 3.99. The molecule has 2 N–H and O–H groups in total. The van der Waals surface area contributed by atoms with Gasteiger partial charge in [-0.05, 0) is 62.7 Å². The van der Waals surface area contributed by atoms with Crippen molar-refractivity contribution >= 4 is 34.8 Å². The minimum Gasteiger partial charge on any atom is -0.326 e. The lowest BCUT2D eigenvalue weighted by Crippen LogP contribution is -2.28. The Morgan fingerprint density at radius 2 is 1.61 bits per heavy atom. The third-order valence-corrected chi connectivity index (χ3v) is 5.86. The Bertz CT molecular complexity index is 1220. The molecule has 3 aromatic carbocycles. The molecule has 4 rings (SSSR count). The molecule has 0 saturated carbocycles. The van der Waals surface area contributed by atoms with Crippen LogP contribution in [0.15, 0.2) is 66.7 Å². The van der Waals surface area contributed by atoms with Crippen molar-refractivity contribution in [3.8, 4) is 0 Å². The zero-order valence-electron chi connectivity index (χ0n) is 19.0. The Labute approximate surface area is 193 Å². The van der Waals surface area contributed by atoms with Crippen molar-refractivity contribution in [1.82, 2.24) is 0 Å². The van der Waals surface area contributed by atoms with E-state index >= 15 is 0 Å². The number of anilines is 3. The molecular formula is C27H27N3O3. The number of carbonyl (C=O) groups excluding carboxylic acids is 3. The second-order valence-corrected chi connectivity index (χ2v) is 8.58. The Balaban J connectivity index is 1.41. The summed E-state index contributed by atoms with van der Waals surface area (Å²) < 4.78 is 0. The lowest BCUT2D eigenvalue weighted by atomic mass is 10.1. The number of hydrogen-bond acceptors (Lipinski definition) is 3. The molecule has 1 saturated heterocycles. The molecule has 3 aromatic rings. The highest BCUT2D eigenvalue weighted by Crippen LogP contribution is 2.26. The van der Waals surface area contributed by atoms with E-state index in [1.807, 2.05) is 63.2 Å². The third kappa shape index (κ3) is 5.12. The Morgan fingerprint density at radius 1 is 0.879 bits per heavy atom. The molecule has 0 aromatic heterocycles. The van der Waals surface area contributed by atoms with Gasteiger partial charge in [0.2, 0.25) is 11.8 Å². The van der Waals surface area contributed by atoms with Gasteiger partial charge in [0.05, 0.1) is 5.92 Å². The van der Waals surface area contributed by atoms with Gasteiger partial charge in [-0.3, -0.25) is 14.4 Å². The van der Waals surface area contributed by atoms with Gasteiger partial charge >= 0.3 is 0 Å². The highest BCUT2D eigenvalue weighted by atomic mass is 16.2. The number of nitrogens with one attached hydrogen (secondary N) is 2. The average molecular weight is 442 g/mol. The molecule has 3 amide bonds. The SMILES string of the molecule is Cc1ccc(N2C[C@@H](C(=O)Nc3cccc(C(=O)Nc4ccc(C)cc4C)c3)CC2=O)cc1. The number of hydrogen-bond donors (Lipinski definition) is 2. The first-order chi connectivity index (χ1) is 15.8. The summed E-state index contributed by atoms with van der Waals surface area (Å²) in [5.74, 6) is -1.00. The summed E-state index contributed by atoms with van der Waals surface area (Å²) in [5.41, 5.74) is 5.73. The van der Waals surface area contributed by atoms with Crippen LogP contribution in [0.4, 0.5) is 17.1 Å². The lowest BCUT2D eigenvalue weighted by Gasteiger charge is -2.17. The number of benzene rings is 3. The number of rotatable bonds is 5. The predicted molar refractivity (Wildman–Crippen MR) is 131 cm³/mol. The Morgan fingerprint density at radius 3 is 2.33 bits per heavy atom. The molecule has 0 unspecified atom stereocenters. The normalized spacial score (nSPS) is 15.4. The number of amides is 3. The second kappa shape index (κ2) is 9.28. The van der Waals surface area contributed by atoms with Gasteiger partial charge in [-0.1, -0.05) is 41.5 Å². The molecule has 0 aliphatic carbocycles. The van der Waals surface area contributed by atoms with Crippen LogP contribution in [0.1, 0.15) is 33.5 Å². The predicted octanol–water partition coefficient (Wildman–Crippen LogP) is 4.86. The fraction of sp³-hybridized carbons (Fsp3) is 0.222.